The molecule has 2 rings (SSSR count). The number of amides is 1. The van der Waals surface area contributed by atoms with Gasteiger partial charge in [-0.15, -0.1) is 0 Å². The maximum absolute atomic E-state index is 13.4. The Morgan fingerprint density at radius 1 is 1.25 bits per heavy atom. The minimum absolute atomic E-state index is 0.0890. The van der Waals surface area contributed by atoms with Gasteiger partial charge in [-0.25, -0.2) is 12.8 Å². The van der Waals surface area contributed by atoms with E-state index in [9.17, 15) is 17.6 Å². The summed E-state index contributed by atoms with van der Waals surface area (Å²) in [6.45, 7) is 0. The van der Waals surface area contributed by atoms with Gasteiger partial charge in [-0.1, -0.05) is 31.0 Å². The molecule has 1 N–H and O–H groups in total. The summed E-state index contributed by atoms with van der Waals surface area (Å²) in [5, 5.41) is 2.72. The van der Waals surface area contributed by atoms with Crippen molar-refractivity contribution in [2.75, 3.05) is 5.75 Å². The second-order valence-electron chi connectivity index (χ2n) is 5.17. The van der Waals surface area contributed by atoms with E-state index in [-0.39, 0.29) is 11.6 Å². The molecule has 0 aromatic heterocycles. The Morgan fingerprint density at radius 2 is 1.90 bits per heavy atom. The van der Waals surface area contributed by atoms with E-state index in [0.717, 1.165) is 25.7 Å². The lowest BCUT2D eigenvalue weighted by atomic mass is 10.2. The summed E-state index contributed by atoms with van der Waals surface area (Å²) in [7, 11) is -3.65. The van der Waals surface area contributed by atoms with Crippen LogP contribution in [0, 0.1) is 5.82 Å². The fourth-order valence-electron chi connectivity index (χ4n) is 2.44. The second kappa shape index (κ2) is 6.35. The molecule has 20 heavy (non-hydrogen) atoms. The number of carbonyl (C=O) groups excluding carboxylic acids is 1. The maximum atomic E-state index is 13.4. The zero-order valence-corrected chi connectivity index (χ0v) is 12.0. The molecule has 110 valence electrons. The van der Waals surface area contributed by atoms with Crippen molar-refractivity contribution in [3.63, 3.8) is 0 Å². The molecule has 0 atom stereocenters. The minimum atomic E-state index is -3.65. The van der Waals surface area contributed by atoms with Crippen LogP contribution < -0.4 is 5.32 Å². The van der Waals surface area contributed by atoms with Crippen molar-refractivity contribution in [1.82, 2.24) is 5.32 Å². The molecule has 1 saturated carbocycles. The summed E-state index contributed by atoms with van der Waals surface area (Å²) in [5.41, 5.74) is 0.0983. The number of halogens is 1. The van der Waals surface area contributed by atoms with Crippen molar-refractivity contribution in [1.29, 1.82) is 0 Å². The summed E-state index contributed by atoms with van der Waals surface area (Å²) >= 11 is 0. The van der Waals surface area contributed by atoms with Gasteiger partial charge in [0.25, 0.3) is 0 Å². The number of benzene rings is 1. The first-order chi connectivity index (χ1) is 9.46. The number of hydrogen-bond acceptors (Lipinski definition) is 3. The zero-order valence-electron chi connectivity index (χ0n) is 11.1. The summed E-state index contributed by atoms with van der Waals surface area (Å²) < 4.78 is 37.2. The highest BCUT2D eigenvalue weighted by Crippen LogP contribution is 2.17. The fraction of sp³-hybridized carbons (Fsp3) is 0.500. The molecule has 0 saturated heterocycles. The maximum Gasteiger partial charge on any atom is 0.235 e. The summed E-state index contributed by atoms with van der Waals surface area (Å²) in [6.07, 6.45) is 3.93. The van der Waals surface area contributed by atoms with Crippen LogP contribution >= 0.6 is 0 Å². The third kappa shape index (κ3) is 4.30. The highest BCUT2D eigenvalue weighted by atomic mass is 32.2. The van der Waals surface area contributed by atoms with Gasteiger partial charge in [-0.05, 0) is 18.9 Å². The van der Waals surface area contributed by atoms with Gasteiger partial charge >= 0.3 is 0 Å². The Bertz CT molecular complexity index is 580. The molecule has 1 aliphatic carbocycles. The lowest BCUT2D eigenvalue weighted by Crippen LogP contribution is -2.37. The van der Waals surface area contributed by atoms with Crippen LogP contribution in [0.15, 0.2) is 24.3 Å². The van der Waals surface area contributed by atoms with Gasteiger partial charge in [0.2, 0.25) is 5.91 Å². The molecule has 0 bridgehead atoms. The molecular weight excluding hydrogens is 281 g/mol. The SMILES string of the molecule is O=C(CS(=O)(=O)Cc1ccccc1F)NC1CCCC1. The Balaban J connectivity index is 1.93. The van der Waals surface area contributed by atoms with Gasteiger partial charge in [0, 0.05) is 11.6 Å². The van der Waals surface area contributed by atoms with Crippen molar-refractivity contribution in [2.45, 2.75) is 37.5 Å². The first-order valence-electron chi connectivity index (χ1n) is 6.69. The molecular formula is C14H18FNO3S. The first-order valence-corrected chi connectivity index (χ1v) is 8.51. The van der Waals surface area contributed by atoms with E-state index in [1.807, 2.05) is 0 Å². The van der Waals surface area contributed by atoms with Gasteiger partial charge in [0.15, 0.2) is 9.84 Å². The smallest absolute Gasteiger partial charge is 0.235 e. The average molecular weight is 299 g/mol. The molecule has 4 nitrogen and oxygen atoms in total. The quantitative estimate of drug-likeness (QED) is 0.901. The van der Waals surface area contributed by atoms with Crippen LogP contribution in [0.2, 0.25) is 0 Å². The molecule has 1 amide bonds. The molecule has 0 aliphatic heterocycles. The topological polar surface area (TPSA) is 63.2 Å². The predicted octanol–water partition coefficient (Wildman–Crippen LogP) is 1.80. The third-order valence-corrected chi connectivity index (χ3v) is 4.86. The Hall–Kier alpha value is -1.43. The average Bonchev–Trinajstić information content (AvgIpc) is 2.83. The Kier molecular flexibility index (Phi) is 4.75. The van der Waals surface area contributed by atoms with E-state index in [2.05, 4.69) is 5.32 Å². The molecule has 0 unspecified atom stereocenters. The third-order valence-electron chi connectivity index (χ3n) is 3.40. The molecule has 0 heterocycles. The molecule has 1 aromatic carbocycles. The van der Waals surface area contributed by atoms with Crippen LogP contribution in [-0.4, -0.2) is 26.1 Å². The van der Waals surface area contributed by atoms with Crippen LogP contribution in [0.5, 0.6) is 0 Å². The number of hydrogen-bond donors (Lipinski definition) is 1. The van der Waals surface area contributed by atoms with E-state index in [1.165, 1.54) is 18.2 Å². The summed E-state index contributed by atoms with van der Waals surface area (Å²) in [5.74, 6) is -2.09. The van der Waals surface area contributed by atoms with Gasteiger partial charge in [-0.2, -0.15) is 0 Å². The number of rotatable bonds is 5. The van der Waals surface area contributed by atoms with Gasteiger partial charge in [-0.3, -0.25) is 4.79 Å². The van der Waals surface area contributed by atoms with Crippen molar-refractivity contribution < 1.29 is 17.6 Å². The van der Waals surface area contributed by atoms with Crippen LogP contribution in [-0.2, 0) is 20.4 Å². The van der Waals surface area contributed by atoms with Gasteiger partial charge < -0.3 is 5.32 Å². The van der Waals surface area contributed by atoms with Crippen LogP contribution in [0.3, 0.4) is 0 Å². The molecule has 0 radical (unpaired) electrons. The fourth-order valence-corrected chi connectivity index (χ4v) is 3.74. The predicted molar refractivity (Wildman–Crippen MR) is 74.3 cm³/mol. The molecule has 1 aromatic rings. The lowest BCUT2D eigenvalue weighted by Gasteiger charge is -2.12. The minimum Gasteiger partial charge on any atom is -0.352 e. The van der Waals surface area contributed by atoms with E-state index in [4.69, 9.17) is 0 Å². The van der Waals surface area contributed by atoms with Gasteiger partial charge in [0.1, 0.15) is 11.6 Å². The van der Waals surface area contributed by atoms with E-state index in [1.54, 1.807) is 6.07 Å². The molecule has 1 aliphatic rings. The number of sulfone groups is 1. The van der Waals surface area contributed by atoms with E-state index >= 15 is 0 Å². The standard InChI is InChI=1S/C14H18FNO3S/c15-13-8-4-1-5-11(13)9-20(18,19)10-14(17)16-12-6-2-3-7-12/h1,4-5,8,12H,2-3,6-7,9-10H2,(H,16,17). The summed E-state index contributed by atoms with van der Waals surface area (Å²) in [6, 6.07) is 5.79. The Labute approximate surface area is 118 Å². The number of carbonyl (C=O) groups is 1. The Morgan fingerprint density at radius 3 is 2.55 bits per heavy atom. The molecule has 6 heteroatoms. The van der Waals surface area contributed by atoms with Crippen molar-refractivity contribution in [3.8, 4) is 0 Å². The second-order valence-corrected chi connectivity index (χ2v) is 7.24. The van der Waals surface area contributed by atoms with Crippen molar-refractivity contribution in [3.05, 3.63) is 35.6 Å². The van der Waals surface area contributed by atoms with Crippen molar-refractivity contribution >= 4 is 15.7 Å². The normalized spacial score (nSPS) is 16.2. The largest absolute Gasteiger partial charge is 0.352 e. The van der Waals surface area contributed by atoms with Crippen molar-refractivity contribution in [2.24, 2.45) is 0 Å². The first kappa shape index (κ1) is 15.0. The van der Waals surface area contributed by atoms with Crippen LogP contribution in [0.25, 0.3) is 0 Å². The zero-order chi connectivity index (χ0) is 14.6. The molecule has 1 fully saturated rings. The van der Waals surface area contributed by atoms with Crippen LogP contribution in [0.4, 0.5) is 4.39 Å². The van der Waals surface area contributed by atoms with Crippen LogP contribution in [0.1, 0.15) is 31.2 Å². The lowest BCUT2D eigenvalue weighted by molar-refractivity contribution is -0.119. The molecule has 0 spiro atoms. The highest BCUT2D eigenvalue weighted by Gasteiger charge is 2.22. The monoisotopic (exact) mass is 299 g/mol. The number of nitrogens with one attached hydrogen (secondary N) is 1. The van der Waals surface area contributed by atoms with E-state index < -0.39 is 33.1 Å². The van der Waals surface area contributed by atoms with Gasteiger partial charge in [0.05, 0.1) is 5.75 Å². The van der Waals surface area contributed by atoms with E-state index in [0.29, 0.717) is 0 Å². The highest BCUT2D eigenvalue weighted by molar-refractivity contribution is 7.91. The summed E-state index contributed by atoms with van der Waals surface area (Å²) in [4.78, 5) is 11.7.